The van der Waals surface area contributed by atoms with Gasteiger partial charge in [-0.1, -0.05) is 48.2 Å². The van der Waals surface area contributed by atoms with Crippen LogP contribution in [0.2, 0.25) is 0 Å². The summed E-state index contributed by atoms with van der Waals surface area (Å²) < 4.78 is 31.9. The van der Waals surface area contributed by atoms with Crippen LogP contribution in [0.15, 0.2) is 82.6 Å². The Morgan fingerprint density at radius 2 is 1.77 bits per heavy atom. The summed E-state index contributed by atoms with van der Waals surface area (Å²) in [6.45, 7) is 1.79. The number of para-hydroxylation sites is 1. The molecule has 1 heterocycles. The summed E-state index contributed by atoms with van der Waals surface area (Å²) in [5, 5.41) is 2.91. The van der Waals surface area contributed by atoms with E-state index in [1.165, 1.54) is 16.1 Å². The van der Waals surface area contributed by atoms with E-state index >= 15 is 0 Å². The van der Waals surface area contributed by atoms with Crippen LogP contribution in [0.5, 0.6) is 5.75 Å². The molecule has 160 valence electrons. The molecule has 3 aromatic rings. The van der Waals surface area contributed by atoms with Crippen LogP contribution < -0.4 is 14.4 Å². The molecule has 31 heavy (non-hydrogen) atoms. The average molecular weight is 455 g/mol. The van der Waals surface area contributed by atoms with Crippen LogP contribution in [0.1, 0.15) is 5.56 Å². The number of benzene rings is 3. The van der Waals surface area contributed by atoms with E-state index < -0.39 is 22.0 Å². The number of aryl methyl sites for hydroxylation is 1. The second kappa shape index (κ2) is 8.64. The Morgan fingerprint density at radius 3 is 2.52 bits per heavy atom. The smallest absolute Gasteiger partial charge is 0.267 e. The van der Waals surface area contributed by atoms with Crippen molar-refractivity contribution in [2.45, 2.75) is 22.8 Å². The second-order valence-corrected chi connectivity index (χ2v) is 10.3. The lowest BCUT2D eigenvalue weighted by Gasteiger charge is -2.34. The fourth-order valence-corrected chi connectivity index (χ4v) is 5.13. The van der Waals surface area contributed by atoms with Crippen molar-refractivity contribution in [1.29, 1.82) is 0 Å². The van der Waals surface area contributed by atoms with Crippen LogP contribution in [-0.4, -0.2) is 33.2 Å². The molecule has 1 amide bonds. The van der Waals surface area contributed by atoms with Crippen molar-refractivity contribution in [2.75, 3.05) is 22.4 Å². The zero-order valence-corrected chi connectivity index (χ0v) is 18.7. The first kappa shape index (κ1) is 21.3. The summed E-state index contributed by atoms with van der Waals surface area (Å²) in [5.74, 6) is -0.0321. The Kier molecular flexibility index (Phi) is 5.93. The fourth-order valence-electron chi connectivity index (χ4n) is 3.30. The summed E-state index contributed by atoms with van der Waals surface area (Å²) in [5.41, 5.74) is 2.00. The van der Waals surface area contributed by atoms with E-state index in [0.717, 1.165) is 21.6 Å². The van der Waals surface area contributed by atoms with Gasteiger partial charge in [-0.15, -0.1) is 0 Å². The molecular formula is C23H22N2O4S2. The third-order valence-corrected chi connectivity index (χ3v) is 7.02. The van der Waals surface area contributed by atoms with Crippen molar-refractivity contribution in [3.05, 3.63) is 78.4 Å². The Hall–Kier alpha value is -2.97. The lowest BCUT2D eigenvalue weighted by Crippen LogP contribution is -2.48. The topological polar surface area (TPSA) is 75.7 Å². The van der Waals surface area contributed by atoms with E-state index in [9.17, 15) is 13.2 Å². The van der Waals surface area contributed by atoms with E-state index in [4.69, 9.17) is 4.74 Å². The second-order valence-electron chi connectivity index (χ2n) is 7.27. The predicted octanol–water partition coefficient (Wildman–Crippen LogP) is 4.31. The Bertz CT molecular complexity index is 1210. The zero-order chi connectivity index (χ0) is 22.0. The SMILES string of the molecule is Cc1ccc2c(c1)N(S(C)(=O)=O)CC(C(=O)Nc1ccccc1Sc1ccccc1)O2. The molecule has 0 saturated carbocycles. The van der Waals surface area contributed by atoms with Gasteiger partial charge in [-0.25, -0.2) is 8.42 Å². The molecule has 8 heteroatoms. The molecule has 1 unspecified atom stereocenters. The third kappa shape index (κ3) is 4.86. The largest absolute Gasteiger partial charge is 0.476 e. The highest BCUT2D eigenvalue weighted by Gasteiger charge is 2.35. The maximum Gasteiger partial charge on any atom is 0.267 e. The van der Waals surface area contributed by atoms with Gasteiger partial charge in [0.15, 0.2) is 6.10 Å². The monoisotopic (exact) mass is 454 g/mol. The van der Waals surface area contributed by atoms with Crippen LogP contribution >= 0.6 is 11.8 Å². The first-order chi connectivity index (χ1) is 14.8. The van der Waals surface area contributed by atoms with E-state index in [1.54, 1.807) is 12.1 Å². The lowest BCUT2D eigenvalue weighted by molar-refractivity contribution is -0.122. The Balaban J connectivity index is 1.58. The molecule has 0 spiro atoms. The van der Waals surface area contributed by atoms with Crippen molar-refractivity contribution in [1.82, 2.24) is 0 Å². The van der Waals surface area contributed by atoms with Crippen molar-refractivity contribution in [2.24, 2.45) is 0 Å². The number of nitrogens with zero attached hydrogens (tertiary/aromatic N) is 1. The van der Waals surface area contributed by atoms with Gasteiger partial charge < -0.3 is 10.1 Å². The summed E-state index contributed by atoms with van der Waals surface area (Å²) in [6.07, 6.45) is 0.158. The molecule has 1 atom stereocenters. The van der Waals surface area contributed by atoms with Crippen LogP contribution in [0.4, 0.5) is 11.4 Å². The minimum atomic E-state index is -3.57. The first-order valence-electron chi connectivity index (χ1n) is 9.69. The van der Waals surface area contributed by atoms with E-state index in [1.807, 2.05) is 67.6 Å². The van der Waals surface area contributed by atoms with Gasteiger partial charge >= 0.3 is 0 Å². The number of nitrogens with one attached hydrogen (secondary N) is 1. The average Bonchev–Trinajstić information content (AvgIpc) is 2.74. The number of hydrogen-bond acceptors (Lipinski definition) is 5. The first-order valence-corrected chi connectivity index (χ1v) is 12.4. The van der Waals surface area contributed by atoms with Gasteiger partial charge in [0.05, 0.1) is 24.2 Å². The number of anilines is 2. The summed E-state index contributed by atoms with van der Waals surface area (Å²) >= 11 is 1.54. The van der Waals surface area contributed by atoms with Gasteiger partial charge in [-0.05, 0) is 48.9 Å². The molecule has 0 saturated heterocycles. The highest BCUT2D eigenvalue weighted by atomic mass is 32.2. The molecule has 1 N–H and O–H groups in total. The predicted molar refractivity (Wildman–Crippen MR) is 123 cm³/mol. The molecule has 0 radical (unpaired) electrons. The van der Waals surface area contributed by atoms with Gasteiger partial charge in [0.2, 0.25) is 10.0 Å². The zero-order valence-electron chi connectivity index (χ0n) is 17.1. The quantitative estimate of drug-likeness (QED) is 0.622. The minimum Gasteiger partial charge on any atom is -0.476 e. The molecule has 6 nitrogen and oxygen atoms in total. The van der Waals surface area contributed by atoms with Crippen molar-refractivity contribution in [3.63, 3.8) is 0 Å². The molecule has 0 bridgehead atoms. The molecular weight excluding hydrogens is 432 g/mol. The number of rotatable bonds is 5. The van der Waals surface area contributed by atoms with Crippen LogP contribution in [0.25, 0.3) is 0 Å². The molecule has 0 aliphatic carbocycles. The lowest BCUT2D eigenvalue weighted by atomic mass is 10.1. The standard InChI is InChI=1S/C23H22N2O4S2/c1-16-12-13-20-19(14-16)25(31(2,27)28)15-21(29-20)23(26)24-18-10-6-7-11-22(18)30-17-8-4-3-5-9-17/h3-14,21H,15H2,1-2H3,(H,24,26). The normalized spacial score (nSPS) is 15.7. The molecule has 0 aromatic heterocycles. The maximum absolute atomic E-state index is 13.1. The van der Waals surface area contributed by atoms with Crippen LogP contribution in [0.3, 0.4) is 0 Å². The minimum absolute atomic E-state index is 0.0882. The third-order valence-electron chi connectivity index (χ3n) is 4.79. The molecule has 1 aliphatic rings. The molecule has 0 fully saturated rings. The number of carbonyl (C=O) groups is 1. The van der Waals surface area contributed by atoms with Crippen molar-refractivity contribution >= 4 is 39.1 Å². The number of hydrogen-bond donors (Lipinski definition) is 1. The summed E-state index contributed by atoms with van der Waals surface area (Å²) in [6, 6.07) is 22.6. The number of ether oxygens (including phenoxy) is 1. The molecule has 1 aliphatic heterocycles. The highest BCUT2D eigenvalue weighted by molar-refractivity contribution is 7.99. The van der Waals surface area contributed by atoms with Gasteiger partial charge in [-0.2, -0.15) is 0 Å². The fraction of sp³-hybridized carbons (Fsp3) is 0.174. The van der Waals surface area contributed by atoms with Gasteiger partial charge in [-0.3, -0.25) is 9.10 Å². The Labute approximate surface area is 186 Å². The number of sulfonamides is 1. The number of carbonyl (C=O) groups excluding carboxylic acids is 1. The number of amides is 1. The van der Waals surface area contributed by atoms with Crippen LogP contribution in [-0.2, 0) is 14.8 Å². The van der Waals surface area contributed by atoms with Crippen molar-refractivity contribution < 1.29 is 17.9 Å². The molecule has 3 aromatic carbocycles. The summed E-state index contributed by atoms with van der Waals surface area (Å²) in [4.78, 5) is 15.0. The van der Waals surface area contributed by atoms with Crippen LogP contribution in [0, 0.1) is 6.92 Å². The van der Waals surface area contributed by atoms with E-state index in [-0.39, 0.29) is 6.54 Å². The highest BCUT2D eigenvalue weighted by Crippen LogP contribution is 2.37. The van der Waals surface area contributed by atoms with Gasteiger partial charge in [0.25, 0.3) is 5.91 Å². The maximum atomic E-state index is 13.1. The van der Waals surface area contributed by atoms with E-state index in [2.05, 4.69) is 5.32 Å². The molecule has 4 rings (SSSR count). The number of fused-ring (bicyclic) bond motifs is 1. The van der Waals surface area contributed by atoms with E-state index in [0.29, 0.717) is 17.1 Å². The Morgan fingerprint density at radius 1 is 1.06 bits per heavy atom. The van der Waals surface area contributed by atoms with Gasteiger partial charge in [0, 0.05) is 9.79 Å². The van der Waals surface area contributed by atoms with Gasteiger partial charge in [0.1, 0.15) is 5.75 Å². The summed E-state index contributed by atoms with van der Waals surface area (Å²) in [7, 11) is -3.57. The van der Waals surface area contributed by atoms with Crippen molar-refractivity contribution in [3.8, 4) is 5.75 Å².